The zero-order chi connectivity index (χ0) is 16.1. The first-order chi connectivity index (χ1) is 10.5. The smallest absolute Gasteiger partial charge is 0.326 e. The Labute approximate surface area is 126 Å². The third kappa shape index (κ3) is 3.81. The van der Waals surface area contributed by atoms with Gasteiger partial charge in [-0.25, -0.2) is 9.18 Å². The number of carbonyl (C=O) groups excluding carboxylic acids is 2. The number of piperidine rings is 1. The summed E-state index contributed by atoms with van der Waals surface area (Å²) in [7, 11) is 0. The van der Waals surface area contributed by atoms with E-state index in [1.807, 2.05) is 0 Å². The van der Waals surface area contributed by atoms with Gasteiger partial charge in [-0.1, -0.05) is 6.07 Å². The van der Waals surface area contributed by atoms with Crippen LogP contribution in [0.15, 0.2) is 24.3 Å². The Bertz CT molecular complexity index is 591. The standard InChI is InChI=1S/C15H17FN2O4/c16-11-5-3-4-10(8-11)14(20)17-9-13(19)18-7-2-1-6-12(18)15(21)22/h3-5,8,12H,1-2,6-7,9H2,(H,17,20)(H,21,22)/t12-/m1/s1. The highest BCUT2D eigenvalue weighted by Crippen LogP contribution is 2.17. The van der Waals surface area contributed by atoms with Gasteiger partial charge in [0.05, 0.1) is 6.54 Å². The van der Waals surface area contributed by atoms with Gasteiger partial charge in [-0.2, -0.15) is 0 Å². The van der Waals surface area contributed by atoms with E-state index in [1.54, 1.807) is 0 Å². The number of hydrogen-bond donors (Lipinski definition) is 2. The number of carboxylic acid groups (broad SMARTS) is 1. The molecule has 1 fully saturated rings. The van der Waals surface area contributed by atoms with Crippen molar-refractivity contribution in [3.05, 3.63) is 35.6 Å². The molecule has 1 aromatic rings. The second-order valence-corrected chi connectivity index (χ2v) is 5.13. The maximum absolute atomic E-state index is 13.0. The second-order valence-electron chi connectivity index (χ2n) is 5.13. The number of aliphatic carboxylic acids is 1. The minimum Gasteiger partial charge on any atom is -0.480 e. The Balaban J connectivity index is 1.94. The van der Waals surface area contributed by atoms with Crippen LogP contribution in [0.4, 0.5) is 4.39 Å². The molecular formula is C15H17FN2O4. The van der Waals surface area contributed by atoms with Crippen LogP contribution in [-0.4, -0.2) is 46.9 Å². The molecule has 1 saturated heterocycles. The van der Waals surface area contributed by atoms with E-state index >= 15 is 0 Å². The number of benzene rings is 1. The van der Waals surface area contributed by atoms with Gasteiger partial charge >= 0.3 is 5.97 Å². The fraction of sp³-hybridized carbons (Fsp3) is 0.400. The molecule has 1 aliphatic rings. The number of carboxylic acids is 1. The van der Waals surface area contributed by atoms with Gasteiger partial charge in [-0.3, -0.25) is 9.59 Å². The van der Waals surface area contributed by atoms with E-state index in [9.17, 15) is 18.8 Å². The highest BCUT2D eigenvalue weighted by atomic mass is 19.1. The molecule has 0 spiro atoms. The van der Waals surface area contributed by atoms with Crippen LogP contribution >= 0.6 is 0 Å². The van der Waals surface area contributed by atoms with Gasteiger partial charge in [0.25, 0.3) is 5.91 Å². The summed E-state index contributed by atoms with van der Waals surface area (Å²) in [4.78, 5) is 36.3. The lowest BCUT2D eigenvalue weighted by Gasteiger charge is -2.33. The van der Waals surface area contributed by atoms with Crippen molar-refractivity contribution in [2.24, 2.45) is 0 Å². The third-order valence-corrected chi connectivity index (χ3v) is 3.60. The fourth-order valence-corrected chi connectivity index (χ4v) is 2.48. The molecule has 1 atom stereocenters. The summed E-state index contributed by atoms with van der Waals surface area (Å²) in [6.07, 6.45) is 1.92. The monoisotopic (exact) mass is 308 g/mol. The summed E-state index contributed by atoms with van der Waals surface area (Å²) in [6, 6.07) is 4.28. The SMILES string of the molecule is O=C(NCC(=O)N1CCCC[C@@H]1C(=O)O)c1cccc(F)c1. The summed E-state index contributed by atoms with van der Waals surface area (Å²) in [6.45, 7) is 0.0603. The fourth-order valence-electron chi connectivity index (χ4n) is 2.48. The van der Waals surface area contributed by atoms with Crippen molar-refractivity contribution in [1.82, 2.24) is 10.2 Å². The van der Waals surface area contributed by atoms with Crippen molar-refractivity contribution in [2.45, 2.75) is 25.3 Å². The van der Waals surface area contributed by atoms with Crippen molar-refractivity contribution in [1.29, 1.82) is 0 Å². The van der Waals surface area contributed by atoms with Gasteiger partial charge in [-0.05, 0) is 37.5 Å². The maximum Gasteiger partial charge on any atom is 0.326 e. The molecule has 2 N–H and O–H groups in total. The predicted molar refractivity (Wildman–Crippen MR) is 75.7 cm³/mol. The van der Waals surface area contributed by atoms with E-state index in [4.69, 9.17) is 5.11 Å². The molecule has 6 nitrogen and oxygen atoms in total. The first-order valence-electron chi connectivity index (χ1n) is 7.05. The lowest BCUT2D eigenvalue weighted by atomic mass is 10.0. The minimum atomic E-state index is -1.04. The Morgan fingerprint density at radius 2 is 2.09 bits per heavy atom. The van der Waals surface area contributed by atoms with Crippen molar-refractivity contribution < 1.29 is 23.9 Å². The molecule has 1 aliphatic heterocycles. The molecule has 0 aliphatic carbocycles. The van der Waals surface area contributed by atoms with E-state index in [0.717, 1.165) is 18.9 Å². The van der Waals surface area contributed by atoms with Crippen LogP contribution in [0, 0.1) is 5.82 Å². The molecule has 7 heteroatoms. The van der Waals surface area contributed by atoms with Crippen LogP contribution < -0.4 is 5.32 Å². The number of nitrogens with zero attached hydrogens (tertiary/aromatic N) is 1. The Morgan fingerprint density at radius 1 is 1.32 bits per heavy atom. The van der Waals surface area contributed by atoms with E-state index in [1.165, 1.54) is 23.1 Å². The molecule has 0 bridgehead atoms. The molecule has 1 aromatic carbocycles. The topological polar surface area (TPSA) is 86.7 Å². The number of hydrogen-bond acceptors (Lipinski definition) is 3. The van der Waals surface area contributed by atoms with Crippen LogP contribution in [0.1, 0.15) is 29.6 Å². The van der Waals surface area contributed by atoms with E-state index in [0.29, 0.717) is 13.0 Å². The normalized spacial score (nSPS) is 17.9. The zero-order valence-electron chi connectivity index (χ0n) is 11.9. The Kier molecular flexibility index (Phi) is 5.08. The van der Waals surface area contributed by atoms with Gasteiger partial charge in [0, 0.05) is 12.1 Å². The third-order valence-electron chi connectivity index (χ3n) is 3.60. The molecule has 1 heterocycles. The van der Waals surface area contributed by atoms with Crippen molar-refractivity contribution in [3.8, 4) is 0 Å². The number of carbonyl (C=O) groups is 3. The summed E-state index contributed by atoms with van der Waals surface area (Å²) in [5, 5.41) is 11.5. The second kappa shape index (κ2) is 7.02. The van der Waals surface area contributed by atoms with Gasteiger partial charge < -0.3 is 15.3 Å². The lowest BCUT2D eigenvalue weighted by Crippen LogP contribution is -2.51. The number of rotatable bonds is 4. The van der Waals surface area contributed by atoms with E-state index in [2.05, 4.69) is 5.32 Å². The summed E-state index contributed by atoms with van der Waals surface area (Å²) < 4.78 is 13.0. The van der Waals surface area contributed by atoms with Crippen molar-refractivity contribution in [2.75, 3.05) is 13.1 Å². The highest BCUT2D eigenvalue weighted by molar-refractivity contribution is 5.96. The quantitative estimate of drug-likeness (QED) is 0.869. The van der Waals surface area contributed by atoms with Gasteiger partial charge in [0.15, 0.2) is 0 Å². The number of likely N-dealkylation sites (tertiary alicyclic amines) is 1. The minimum absolute atomic E-state index is 0.112. The predicted octanol–water partition coefficient (Wildman–Crippen LogP) is 1.02. The van der Waals surface area contributed by atoms with Crippen LogP contribution in [0.5, 0.6) is 0 Å². The average molecular weight is 308 g/mol. The first kappa shape index (κ1) is 15.9. The molecule has 0 aromatic heterocycles. The van der Waals surface area contributed by atoms with Crippen molar-refractivity contribution >= 4 is 17.8 Å². The first-order valence-corrected chi connectivity index (χ1v) is 7.05. The van der Waals surface area contributed by atoms with Gasteiger partial charge in [0.1, 0.15) is 11.9 Å². The van der Waals surface area contributed by atoms with Crippen molar-refractivity contribution in [3.63, 3.8) is 0 Å². The van der Waals surface area contributed by atoms with Crippen LogP contribution in [0.25, 0.3) is 0 Å². The van der Waals surface area contributed by atoms with E-state index < -0.39 is 29.6 Å². The molecular weight excluding hydrogens is 291 g/mol. The van der Waals surface area contributed by atoms with Crippen LogP contribution in [-0.2, 0) is 9.59 Å². The lowest BCUT2D eigenvalue weighted by molar-refractivity contribution is -0.151. The molecule has 0 saturated carbocycles. The van der Waals surface area contributed by atoms with E-state index in [-0.39, 0.29) is 12.1 Å². The molecule has 2 rings (SSSR count). The molecule has 2 amide bonds. The molecule has 0 unspecified atom stereocenters. The number of nitrogens with one attached hydrogen (secondary N) is 1. The van der Waals surface area contributed by atoms with Crippen LogP contribution in [0.2, 0.25) is 0 Å². The molecule has 0 radical (unpaired) electrons. The van der Waals surface area contributed by atoms with Crippen LogP contribution in [0.3, 0.4) is 0 Å². The summed E-state index contributed by atoms with van der Waals surface area (Å²) in [5.41, 5.74) is 0.112. The average Bonchev–Trinajstić information content (AvgIpc) is 2.52. The zero-order valence-corrected chi connectivity index (χ0v) is 11.9. The highest BCUT2D eigenvalue weighted by Gasteiger charge is 2.31. The summed E-state index contributed by atoms with van der Waals surface area (Å²) >= 11 is 0. The Hall–Kier alpha value is -2.44. The maximum atomic E-state index is 13.0. The van der Waals surface area contributed by atoms with Gasteiger partial charge in [0.2, 0.25) is 5.91 Å². The summed E-state index contributed by atoms with van der Waals surface area (Å²) in [5.74, 6) is -2.60. The Morgan fingerprint density at radius 3 is 2.77 bits per heavy atom. The molecule has 118 valence electrons. The van der Waals surface area contributed by atoms with Gasteiger partial charge in [-0.15, -0.1) is 0 Å². The number of amides is 2. The largest absolute Gasteiger partial charge is 0.480 e. The molecule has 22 heavy (non-hydrogen) atoms. The number of halogens is 1.